The Balaban J connectivity index is 1.53. The predicted octanol–water partition coefficient (Wildman–Crippen LogP) is 3.84. The third-order valence-electron chi connectivity index (χ3n) is 7.05. The van der Waals surface area contributed by atoms with Gasteiger partial charge in [-0.1, -0.05) is 32.0 Å². The van der Waals surface area contributed by atoms with Crippen LogP contribution < -0.4 is 10.1 Å². The molecule has 2 aromatic carbocycles. The maximum atomic E-state index is 11.2. The number of carbonyl (C=O) groups is 1. The van der Waals surface area contributed by atoms with E-state index in [1.165, 1.54) is 24.0 Å². The fraction of sp³-hybridized carbons (Fsp3) is 0.500. The SMILES string of the molecule is CCc1cc(-c2noc(-c3cc(CN4CCCC4)cc(C(C)C)c3)n2)cc(C)c1OCC(O)CNC(=O)CO. The molecule has 39 heavy (non-hydrogen) atoms. The van der Waals surface area contributed by atoms with Gasteiger partial charge in [-0.3, -0.25) is 9.69 Å². The van der Waals surface area contributed by atoms with Crippen molar-refractivity contribution in [2.75, 3.05) is 32.8 Å². The minimum Gasteiger partial charge on any atom is -0.490 e. The van der Waals surface area contributed by atoms with Crippen LogP contribution in [-0.2, 0) is 17.8 Å². The van der Waals surface area contributed by atoms with Crippen LogP contribution in [0.1, 0.15) is 61.8 Å². The summed E-state index contributed by atoms with van der Waals surface area (Å²) in [6, 6.07) is 10.5. The number of benzene rings is 2. The molecule has 1 unspecified atom stereocenters. The zero-order chi connectivity index (χ0) is 27.9. The van der Waals surface area contributed by atoms with E-state index in [1.807, 2.05) is 26.0 Å². The van der Waals surface area contributed by atoms with Gasteiger partial charge in [0.2, 0.25) is 11.7 Å². The molecule has 9 heteroatoms. The molecule has 1 aliphatic heterocycles. The molecule has 4 rings (SSSR count). The number of rotatable bonds is 12. The largest absolute Gasteiger partial charge is 0.490 e. The van der Waals surface area contributed by atoms with Gasteiger partial charge in [0.1, 0.15) is 25.1 Å². The molecular weight excluding hydrogens is 496 g/mol. The smallest absolute Gasteiger partial charge is 0.258 e. The van der Waals surface area contributed by atoms with Crippen molar-refractivity contribution in [3.8, 4) is 28.6 Å². The van der Waals surface area contributed by atoms with Crippen molar-refractivity contribution >= 4 is 5.91 Å². The molecule has 0 aliphatic carbocycles. The summed E-state index contributed by atoms with van der Waals surface area (Å²) in [4.78, 5) is 18.5. The van der Waals surface area contributed by atoms with Crippen LogP contribution in [-0.4, -0.2) is 70.1 Å². The molecule has 1 aliphatic rings. The van der Waals surface area contributed by atoms with Crippen LogP contribution in [0.15, 0.2) is 34.9 Å². The minimum atomic E-state index is -0.902. The molecule has 0 spiro atoms. The van der Waals surface area contributed by atoms with Crippen molar-refractivity contribution in [3.05, 3.63) is 52.6 Å². The summed E-state index contributed by atoms with van der Waals surface area (Å²) in [6.07, 6.45) is 2.33. The Bertz CT molecular complexity index is 1270. The van der Waals surface area contributed by atoms with E-state index in [0.717, 1.165) is 41.9 Å². The molecule has 0 radical (unpaired) electrons. The number of nitrogens with one attached hydrogen (secondary N) is 1. The van der Waals surface area contributed by atoms with Gasteiger partial charge in [0, 0.05) is 24.2 Å². The highest BCUT2D eigenvalue weighted by Crippen LogP contribution is 2.32. The number of hydrogen-bond donors (Lipinski definition) is 3. The number of carbonyl (C=O) groups excluding carboxylic acids is 1. The van der Waals surface area contributed by atoms with Crippen LogP contribution in [0.2, 0.25) is 0 Å². The first-order chi connectivity index (χ1) is 18.8. The fourth-order valence-electron chi connectivity index (χ4n) is 4.89. The maximum absolute atomic E-state index is 11.2. The number of aromatic nitrogens is 2. The van der Waals surface area contributed by atoms with E-state index < -0.39 is 18.6 Å². The van der Waals surface area contributed by atoms with E-state index in [4.69, 9.17) is 19.4 Å². The van der Waals surface area contributed by atoms with Crippen LogP contribution in [0, 0.1) is 6.92 Å². The molecule has 2 heterocycles. The number of aliphatic hydroxyl groups excluding tert-OH is 2. The summed E-state index contributed by atoms with van der Waals surface area (Å²) < 4.78 is 11.7. The topological polar surface area (TPSA) is 121 Å². The van der Waals surface area contributed by atoms with Gasteiger partial charge in [-0.05, 0) is 91.7 Å². The Morgan fingerprint density at radius 1 is 1.15 bits per heavy atom. The van der Waals surface area contributed by atoms with Gasteiger partial charge in [-0.15, -0.1) is 0 Å². The van der Waals surface area contributed by atoms with Crippen molar-refractivity contribution in [1.82, 2.24) is 20.4 Å². The molecule has 3 aromatic rings. The maximum Gasteiger partial charge on any atom is 0.258 e. The Hall–Kier alpha value is -3.27. The van der Waals surface area contributed by atoms with E-state index in [1.54, 1.807) is 0 Å². The first kappa shape index (κ1) is 28.7. The predicted molar refractivity (Wildman–Crippen MR) is 149 cm³/mol. The van der Waals surface area contributed by atoms with Gasteiger partial charge >= 0.3 is 0 Å². The Morgan fingerprint density at radius 3 is 2.62 bits per heavy atom. The molecule has 0 bridgehead atoms. The van der Waals surface area contributed by atoms with Crippen LogP contribution in [0.4, 0.5) is 0 Å². The lowest BCUT2D eigenvalue weighted by Crippen LogP contribution is -2.36. The van der Waals surface area contributed by atoms with Crippen LogP contribution in [0.3, 0.4) is 0 Å². The summed E-state index contributed by atoms with van der Waals surface area (Å²) in [7, 11) is 0. The number of amides is 1. The van der Waals surface area contributed by atoms with E-state index in [0.29, 0.717) is 29.8 Å². The summed E-state index contributed by atoms with van der Waals surface area (Å²) >= 11 is 0. The van der Waals surface area contributed by atoms with Crippen molar-refractivity contribution in [1.29, 1.82) is 0 Å². The van der Waals surface area contributed by atoms with Crippen molar-refractivity contribution in [2.45, 2.75) is 65.5 Å². The Labute approximate surface area is 230 Å². The molecule has 1 fully saturated rings. The number of hydrogen-bond acceptors (Lipinski definition) is 8. The Kier molecular flexibility index (Phi) is 9.72. The number of ether oxygens (including phenoxy) is 1. The lowest BCUT2D eigenvalue weighted by molar-refractivity contribution is -0.124. The molecule has 1 atom stereocenters. The average Bonchev–Trinajstić information content (AvgIpc) is 3.63. The third-order valence-corrected chi connectivity index (χ3v) is 7.05. The number of aliphatic hydroxyl groups is 2. The van der Waals surface area contributed by atoms with Gasteiger partial charge < -0.3 is 24.8 Å². The number of aryl methyl sites for hydroxylation is 2. The summed E-state index contributed by atoms with van der Waals surface area (Å²) in [5.74, 6) is 1.54. The van der Waals surface area contributed by atoms with E-state index in [2.05, 4.69) is 47.4 Å². The van der Waals surface area contributed by atoms with Gasteiger partial charge in [-0.25, -0.2) is 0 Å². The van der Waals surface area contributed by atoms with Crippen molar-refractivity contribution < 1.29 is 24.3 Å². The van der Waals surface area contributed by atoms with Gasteiger partial charge in [0.15, 0.2) is 0 Å². The van der Waals surface area contributed by atoms with Gasteiger partial charge in [0.05, 0.1) is 0 Å². The minimum absolute atomic E-state index is 0.00136. The first-order valence-electron chi connectivity index (χ1n) is 13.8. The molecule has 1 amide bonds. The van der Waals surface area contributed by atoms with E-state index in [-0.39, 0.29) is 13.2 Å². The first-order valence-corrected chi connectivity index (χ1v) is 13.8. The second kappa shape index (κ2) is 13.2. The Morgan fingerprint density at radius 2 is 1.92 bits per heavy atom. The monoisotopic (exact) mass is 536 g/mol. The van der Waals surface area contributed by atoms with E-state index in [9.17, 15) is 9.90 Å². The highest BCUT2D eigenvalue weighted by molar-refractivity contribution is 5.76. The standard InChI is InChI=1S/C30H40N4O5/c1-5-22-13-24(10-20(4)28(22)38-18-26(36)15-31-27(37)17-35)29-32-30(39-33-29)25-12-21(11-23(14-25)19(2)3)16-34-8-6-7-9-34/h10-14,19,26,35-36H,5-9,15-18H2,1-4H3,(H,31,37). The van der Waals surface area contributed by atoms with Crippen molar-refractivity contribution in [2.24, 2.45) is 0 Å². The van der Waals surface area contributed by atoms with Crippen LogP contribution in [0.5, 0.6) is 5.75 Å². The highest BCUT2D eigenvalue weighted by atomic mass is 16.5. The molecule has 0 saturated carbocycles. The second-order valence-corrected chi connectivity index (χ2v) is 10.6. The molecule has 1 saturated heterocycles. The van der Waals surface area contributed by atoms with Crippen LogP contribution in [0.25, 0.3) is 22.8 Å². The summed E-state index contributed by atoms with van der Waals surface area (Å²) in [5, 5.41) is 25.7. The molecule has 210 valence electrons. The molecular formula is C30H40N4O5. The summed E-state index contributed by atoms with van der Waals surface area (Å²) in [6.45, 7) is 11.0. The lowest BCUT2D eigenvalue weighted by atomic mass is 9.97. The summed E-state index contributed by atoms with van der Waals surface area (Å²) in [5.41, 5.74) is 6.13. The molecule has 3 N–H and O–H groups in total. The van der Waals surface area contributed by atoms with Gasteiger partial charge in [0.25, 0.3) is 5.89 Å². The normalized spacial score (nSPS) is 14.6. The third kappa shape index (κ3) is 7.44. The quantitative estimate of drug-likeness (QED) is 0.319. The lowest BCUT2D eigenvalue weighted by Gasteiger charge is -2.17. The van der Waals surface area contributed by atoms with E-state index >= 15 is 0 Å². The molecule has 1 aromatic heterocycles. The number of likely N-dealkylation sites (tertiary alicyclic amines) is 1. The zero-order valence-corrected chi connectivity index (χ0v) is 23.4. The zero-order valence-electron chi connectivity index (χ0n) is 23.4. The van der Waals surface area contributed by atoms with Crippen molar-refractivity contribution in [3.63, 3.8) is 0 Å². The number of nitrogens with zero attached hydrogens (tertiary/aromatic N) is 3. The second-order valence-electron chi connectivity index (χ2n) is 10.6. The van der Waals surface area contributed by atoms with Crippen LogP contribution >= 0.6 is 0 Å². The fourth-order valence-corrected chi connectivity index (χ4v) is 4.89. The van der Waals surface area contributed by atoms with Gasteiger partial charge in [-0.2, -0.15) is 4.98 Å². The highest BCUT2D eigenvalue weighted by Gasteiger charge is 2.19. The molecule has 9 nitrogen and oxygen atoms in total. The average molecular weight is 537 g/mol.